The van der Waals surface area contributed by atoms with Gasteiger partial charge in [0.2, 0.25) is 11.8 Å². The van der Waals surface area contributed by atoms with Crippen LogP contribution in [-0.2, 0) is 27.5 Å². The Kier molecular flexibility index (Phi) is 10.2. The van der Waals surface area contributed by atoms with Crippen LogP contribution in [0, 0.1) is 12.7 Å². The summed E-state index contributed by atoms with van der Waals surface area (Å²) in [4.78, 5) is 34.8. The fraction of sp³-hybridized carbons (Fsp3) is 0.212. The van der Waals surface area contributed by atoms with E-state index in [0.29, 0.717) is 30.3 Å². The van der Waals surface area contributed by atoms with Crippen molar-refractivity contribution in [3.8, 4) is 16.3 Å². The predicted molar refractivity (Wildman–Crippen MR) is 170 cm³/mol. The highest BCUT2D eigenvalue weighted by Crippen LogP contribution is 2.34. The van der Waals surface area contributed by atoms with Gasteiger partial charge in [-0.25, -0.2) is 4.39 Å². The van der Waals surface area contributed by atoms with Crippen molar-refractivity contribution in [1.29, 1.82) is 0 Å². The lowest BCUT2D eigenvalue weighted by Gasteiger charge is -2.12. The van der Waals surface area contributed by atoms with Crippen LogP contribution in [0.25, 0.3) is 20.8 Å². The summed E-state index contributed by atoms with van der Waals surface area (Å²) in [5.41, 5.74) is 5.68. The van der Waals surface area contributed by atoms with E-state index in [9.17, 15) is 14.0 Å². The first-order valence-corrected chi connectivity index (χ1v) is 14.8. The zero-order valence-electron chi connectivity index (χ0n) is 24.4. The summed E-state index contributed by atoms with van der Waals surface area (Å²) in [5.74, 6) is -0.690. The highest BCUT2D eigenvalue weighted by Gasteiger charge is 2.13. The fourth-order valence-corrected chi connectivity index (χ4v) is 5.54. The Hall–Kier alpha value is -4.71. The number of halogens is 1. The van der Waals surface area contributed by atoms with Crippen molar-refractivity contribution in [3.63, 3.8) is 0 Å². The van der Waals surface area contributed by atoms with Crippen molar-refractivity contribution in [2.24, 2.45) is 0 Å². The molecule has 0 saturated heterocycles. The van der Waals surface area contributed by atoms with E-state index >= 15 is 0 Å². The minimum Gasteiger partial charge on any atom is -0.489 e. The second-order valence-corrected chi connectivity index (χ2v) is 11.1. The van der Waals surface area contributed by atoms with E-state index in [-0.39, 0.29) is 6.42 Å². The molecule has 9 nitrogen and oxygen atoms in total. The number of anilines is 2. The summed E-state index contributed by atoms with van der Waals surface area (Å²) < 4.78 is 25.3. The van der Waals surface area contributed by atoms with Gasteiger partial charge < -0.3 is 25.4 Å². The molecular weight excluding hydrogens is 581 g/mol. The van der Waals surface area contributed by atoms with Crippen LogP contribution in [0.3, 0.4) is 0 Å². The molecule has 0 atom stereocenters. The monoisotopic (exact) mass is 613 g/mol. The first-order chi connectivity index (χ1) is 21.4. The van der Waals surface area contributed by atoms with Gasteiger partial charge in [0.15, 0.2) is 0 Å². The van der Waals surface area contributed by atoms with Crippen molar-refractivity contribution in [3.05, 3.63) is 102 Å². The predicted octanol–water partition coefficient (Wildman–Crippen LogP) is 6.09. The van der Waals surface area contributed by atoms with Crippen molar-refractivity contribution >= 4 is 44.7 Å². The zero-order chi connectivity index (χ0) is 30.9. The van der Waals surface area contributed by atoms with Gasteiger partial charge >= 0.3 is 0 Å². The highest BCUT2D eigenvalue weighted by atomic mass is 32.1. The van der Waals surface area contributed by atoms with E-state index in [2.05, 4.69) is 32.0 Å². The molecule has 0 aliphatic carbocycles. The van der Waals surface area contributed by atoms with Gasteiger partial charge in [-0.3, -0.25) is 19.6 Å². The molecule has 0 aliphatic heterocycles. The average Bonchev–Trinajstić information content (AvgIpc) is 3.45. The summed E-state index contributed by atoms with van der Waals surface area (Å²) in [6.07, 6.45) is 3.29. The molecule has 11 heteroatoms. The number of nitrogens with zero attached hydrogens (tertiary/aromatic N) is 2. The van der Waals surface area contributed by atoms with E-state index in [1.165, 1.54) is 24.3 Å². The lowest BCUT2D eigenvalue weighted by atomic mass is 10.2. The van der Waals surface area contributed by atoms with E-state index in [4.69, 9.17) is 9.47 Å². The number of hydrogen-bond donors (Lipinski definition) is 3. The Balaban J connectivity index is 1.17. The molecule has 0 saturated carbocycles. The first-order valence-electron chi connectivity index (χ1n) is 14.0. The maximum absolute atomic E-state index is 13.1. The number of aryl methyl sites for hydroxylation is 1. The van der Waals surface area contributed by atoms with Crippen molar-refractivity contribution in [2.75, 3.05) is 30.9 Å². The Morgan fingerprint density at radius 1 is 0.932 bits per heavy atom. The van der Waals surface area contributed by atoms with Crippen LogP contribution in [0.2, 0.25) is 0 Å². The van der Waals surface area contributed by atoms with Gasteiger partial charge in [-0.1, -0.05) is 6.07 Å². The Morgan fingerprint density at radius 3 is 2.43 bits per heavy atom. The number of benzene rings is 2. The number of amides is 2. The first kappa shape index (κ1) is 30.7. The maximum Gasteiger partial charge on any atom is 0.233 e. The number of thiophene rings is 1. The van der Waals surface area contributed by atoms with Crippen LogP contribution < -0.4 is 20.7 Å². The molecule has 0 spiro atoms. The second-order valence-electron chi connectivity index (χ2n) is 10.1. The molecule has 2 amide bonds. The molecule has 0 aliphatic rings. The van der Waals surface area contributed by atoms with E-state index in [1.807, 2.05) is 31.3 Å². The quantitative estimate of drug-likeness (QED) is 0.109. The molecule has 5 aromatic rings. The third-order valence-corrected chi connectivity index (χ3v) is 7.90. The van der Waals surface area contributed by atoms with Crippen molar-refractivity contribution in [2.45, 2.75) is 26.5 Å². The Bertz CT molecular complexity index is 1740. The lowest BCUT2D eigenvalue weighted by Crippen LogP contribution is -2.21. The van der Waals surface area contributed by atoms with Gasteiger partial charge in [-0.2, -0.15) is 0 Å². The third kappa shape index (κ3) is 8.22. The molecule has 0 radical (unpaired) electrons. The number of fused-ring (bicyclic) bond motifs is 1. The molecule has 3 N–H and O–H groups in total. The summed E-state index contributed by atoms with van der Waals surface area (Å²) in [6, 6.07) is 18.7. The molecule has 0 unspecified atom stereocenters. The van der Waals surface area contributed by atoms with E-state index in [0.717, 1.165) is 50.6 Å². The van der Waals surface area contributed by atoms with Gasteiger partial charge in [0, 0.05) is 49.5 Å². The number of carbonyl (C=O) groups excluding carboxylic acids is 2. The molecular formula is C33H32FN5O4S. The number of aromatic nitrogens is 2. The Labute approximate surface area is 258 Å². The summed E-state index contributed by atoms with van der Waals surface area (Å²) in [6.45, 7) is 4.41. The number of rotatable bonds is 13. The number of carbonyl (C=O) groups is 2. The zero-order valence-corrected chi connectivity index (χ0v) is 25.2. The number of methoxy groups -OCH3 is 1. The average molecular weight is 614 g/mol. The smallest absolute Gasteiger partial charge is 0.233 e. The largest absolute Gasteiger partial charge is 0.489 e. The molecule has 3 aromatic heterocycles. The number of pyridine rings is 2. The number of nitrogens with one attached hydrogen (secondary N) is 3. The minimum atomic E-state index is -0.495. The van der Waals surface area contributed by atoms with E-state index in [1.54, 1.807) is 42.8 Å². The molecule has 5 rings (SSSR count). The van der Waals surface area contributed by atoms with Gasteiger partial charge in [-0.15, -0.1) is 11.3 Å². The fourth-order valence-electron chi connectivity index (χ4n) is 4.45. The molecule has 226 valence electrons. The highest BCUT2D eigenvalue weighted by molar-refractivity contribution is 7.22. The molecule has 0 bridgehead atoms. The third-order valence-electron chi connectivity index (χ3n) is 6.67. The molecule has 2 aromatic carbocycles. The van der Waals surface area contributed by atoms with Crippen molar-refractivity contribution in [1.82, 2.24) is 15.3 Å². The number of hydrogen-bond acceptors (Lipinski definition) is 8. The van der Waals surface area contributed by atoms with Crippen LogP contribution in [0.4, 0.5) is 15.8 Å². The minimum absolute atomic E-state index is 0.342. The lowest BCUT2D eigenvalue weighted by molar-refractivity contribution is -0.123. The second kappa shape index (κ2) is 14.6. The molecule has 0 fully saturated rings. The van der Waals surface area contributed by atoms with Crippen molar-refractivity contribution < 1.29 is 23.5 Å². The number of ether oxygens (including phenoxy) is 2. The summed E-state index contributed by atoms with van der Waals surface area (Å²) in [7, 11) is 1.68. The van der Waals surface area contributed by atoms with Gasteiger partial charge in [0.05, 0.1) is 27.4 Å². The van der Waals surface area contributed by atoms with E-state index < -0.39 is 17.6 Å². The summed E-state index contributed by atoms with van der Waals surface area (Å²) >= 11 is 1.63. The summed E-state index contributed by atoms with van der Waals surface area (Å²) in [5, 5.41) is 8.63. The topological polar surface area (TPSA) is 114 Å². The molecule has 3 heterocycles. The van der Waals surface area contributed by atoms with Crippen LogP contribution in [0.5, 0.6) is 5.75 Å². The van der Waals surface area contributed by atoms with Gasteiger partial charge in [-0.05, 0) is 78.7 Å². The van der Waals surface area contributed by atoms with Gasteiger partial charge in [0.1, 0.15) is 24.6 Å². The van der Waals surface area contributed by atoms with Crippen LogP contribution in [-0.4, -0.2) is 42.0 Å². The Morgan fingerprint density at radius 2 is 1.70 bits per heavy atom. The SMILES string of the molecule is COCCNCc1ccc(-c2cc3nccc(COc4ccc(NC(=O)CC(=O)Nc5ccc(F)cc5)cc4C)c3s2)nc1. The maximum atomic E-state index is 13.1. The van der Waals surface area contributed by atoms with Gasteiger partial charge in [0.25, 0.3) is 0 Å². The van der Waals surface area contributed by atoms with Crippen LogP contribution >= 0.6 is 11.3 Å². The standard InChI is InChI=1S/C33H32FN5O4S/c1-21-15-26(39-32(41)17-31(40)38-25-6-4-24(34)5-7-25)8-10-29(21)43-20-23-11-12-36-28-16-30(44-33(23)28)27-9-3-22(19-37-27)18-35-13-14-42-2/h3-12,15-16,19,35H,13-14,17-18,20H2,1-2H3,(H,38,40)(H,39,41). The van der Waals surface area contributed by atoms with Crippen LogP contribution in [0.1, 0.15) is 23.1 Å². The van der Waals surface area contributed by atoms with Crippen LogP contribution in [0.15, 0.2) is 79.1 Å². The molecule has 44 heavy (non-hydrogen) atoms. The normalized spacial score (nSPS) is 11.0.